The second-order valence-corrected chi connectivity index (χ2v) is 4.09. The molecule has 0 saturated carbocycles. The van der Waals surface area contributed by atoms with Crippen molar-refractivity contribution in [3.63, 3.8) is 0 Å². The minimum Gasteiger partial charge on any atom is -0.488 e. The van der Waals surface area contributed by atoms with Gasteiger partial charge in [-0.05, 0) is 23.8 Å². The van der Waals surface area contributed by atoms with Gasteiger partial charge in [0.1, 0.15) is 18.4 Å². The Hall–Kier alpha value is -2.48. The van der Waals surface area contributed by atoms with E-state index in [1.54, 1.807) is 24.3 Å². The van der Waals surface area contributed by atoms with Crippen LogP contribution in [0, 0.1) is 11.3 Å². The molecule has 0 aliphatic rings. The molecular formula is C15H10F3NO. The van der Waals surface area contributed by atoms with E-state index in [0.717, 1.165) is 23.8 Å². The first kappa shape index (κ1) is 13.9. The standard InChI is InChI=1S/C15H10F3NO/c16-15(17,18)13-7-6-12(9-19)14(8-13)20-10-11-4-2-1-3-5-11/h1-8H,10H2. The SMILES string of the molecule is N#Cc1ccc(C(F)(F)F)cc1OCc1ccccc1. The number of benzene rings is 2. The summed E-state index contributed by atoms with van der Waals surface area (Å²) >= 11 is 0. The molecule has 0 N–H and O–H groups in total. The van der Waals surface area contributed by atoms with Gasteiger partial charge in [-0.3, -0.25) is 0 Å². The van der Waals surface area contributed by atoms with Crippen molar-refractivity contribution in [1.82, 2.24) is 0 Å². The lowest BCUT2D eigenvalue weighted by molar-refractivity contribution is -0.137. The van der Waals surface area contributed by atoms with Crippen LogP contribution in [0.1, 0.15) is 16.7 Å². The van der Waals surface area contributed by atoms with Crippen molar-refractivity contribution in [2.24, 2.45) is 0 Å². The largest absolute Gasteiger partial charge is 0.488 e. The van der Waals surface area contributed by atoms with E-state index < -0.39 is 11.7 Å². The maximum Gasteiger partial charge on any atom is 0.416 e. The smallest absolute Gasteiger partial charge is 0.416 e. The first-order chi connectivity index (χ1) is 9.50. The number of hydrogen-bond acceptors (Lipinski definition) is 2. The molecule has 102 valence electrons. The van der Waals surface area contributed by atoms with Crippen molar-refractivity contribution in [2.75, 3.05) is 0 Å². The monoisotopic (exact) mass is 277 g/mol. The van der Waals surface area contributed by atoms with E-state index >= 15 is 0 Å². The highest BCUT2D eigenvalue weighted by Crippen LogP contribution is 2.33. The predicted molar refractivity (Wildman–Crippen MR) is 66.9 cm³/mol. The van der Waals surface area contributed by atoms with Crippen molar-refractivity contribution < 1.29 is 17.9 Å². The molecular weight excluding hydrogens is 267 g/mol. The van der Waals surface area contributed by atoms with Crippen molar-refractivity contribution in [3.8, 4) is 11.8 Å². The summed E-state index contributed by atoms with van der Waals surface area (Å²) < 4.78 is 43.2. The number of ether oxygens (including phenoxy) is 1. The summed E-state index contributed by atoms with van der Waals surface area (Å²) in [4.78, 5) is 0. The van der Waals surface area contributed by atoms with E-state index in [4.69, 9.17) is 10.00 Å². The molecule has 5 heteroatoms. The first-order valence-corrected chi connectivity index (χ1v) is 5.79. The van der Waals surface area contributed by atoms with Crippen LogP contribution in [0.4, 0.5) is 13.2 Å². The molecule has 0 aliphatic carbocycles. The van der Waals surface area contributed by atoms with Gasteiger partial charge >= 0.3 is 6.18 Å². The second kappa shape index (κ2) is 5.66. The molecule has 0 spiro atoms. The Morgan fingerprint density at radius 3 is 2.35 bits per heavy atom. The van der Waals surface area contributed by atoms with Crippen LogP contribution in [-0.2, 0) is 12.8 Å². The summed E-state index contributed by atoms with van der Waals surface area (Å²) in [6, 6.07) is 13.7. The fraction of sp³-hybridized carbons (Fsp3) is 0.133. The van der Waals surface area contributed by atoms with E-state index in [1.807, 2.05) is 12.1 Å². The molecule has 0 radical (unpaired) electrons. The van der Waals surface area contributed by atoms with Gasteiger partial charge in [0, 0.05) is 0 Å². The molecule has 0 bridgehead atoms. The molecule has 0 fully saturated rings. The van der Waals surface area contributed by atoms with Gasteiger partial charge < -0.3 is 4.74 Å². The normalized spacial score (nSPS) is 10.9. The number of rotatable bonds is 3. The molecule has 0 amide bonds. The predicted octanol–water partition coefficient (Wildman–Crippen LogP) is 4.16. The molecule has 2 aromatic carbocycles. The molecule has 0 heterocycles. The van der Waals surface area contributed by atoms with E-state index in [2.05, 4.69) is 0 Å². The van der Waals surface area contributed by atoms with E-state index in [1.165, 1.54) is 0 Å². The minimum absolute atomic E-state index is 0.0637. The zero-order valence-electron chi connectivity index (χ0n) is 10.3. The Balaban J connectivity index is 2.24. The number of nitriles is 1. The molecule has 0 atom stereocenters. The van der Waals surface area contributed by atoms with Crippen molar-refractivity contribution in [1.29, 1.82) is 5.26 Å². The number of halogens is 3. The maximum atomic E-state index is 12.6. The summed E-state index contributed by atoms with van der Waals surface area (Å²) in [7, 11) is 0. The van der Waals surface area contributed by atoms with Crippen molar-refractivity contribution in [2.45, 2.75) is 12.8 Å². The summed E-state index contributed by atoms with van der Waals surface area (Å²) in [5.41, 5.74) is 0.0577. The zero-order valence-corrected chi connectivity index (χ0v) is 10.3. The highest BCUT2D eigenvalue weighted by molar-refractivity contribution is 5.46. The molecule has 0 unspecified atom stereocenters. The minimum atomic E-state index is -4.46. The van der Waals surface area contributed by atoms with Crippen molar-refractivity contribution in [3.05, 3.63) is 65.2 Å². The lowest BCUT2D eigenvalue weighted by atomic mass is 10.1. The number of alkyl halides is 3. The van der Waals surface area contributed by atoms with Gasteiger partial charge in [-0.2, -0.15) is 18.4 Å². The Bertz CT molecular complexity index is 630. The van der Waals surface area contributed by atoms with Gasteiger partial charge in [0.05, 0.1) is 11.1 Å². The fourth-order valence-electron chi connectivity index (χ4n) is 1.65. The van der Waals surface area contributed by atoms with Gasteiger partial charge in [-0.1, -0.05) is 30.3 Å². The van der Waals surface area contributed by atoms with E-state index in [9.17, 15) is 13.2 Å². The zero-order chi connectivity index (χ0) is 14.6. The molecule has 0 aromatic heterocycles. The van der Waals surface area contributed by atoms with Crippen LogP contribution in [0.3, 0.4) is 0 Å². The third-order valence-electron chi connectivity index (χ3n) is 2.67. The van der Waals surface area contributed by atoms with Crippen molar-refractivity contribution >= 4 is 0 Å². The van der Waals surface area contributed by atoms with Gasteiger partial charge in [0.2, 0.25) is 0 Å². The van der Waals surface area contributed by atoms with E-state index in [0.29, 0.717) is 0 Å². The van der Waals surface area contributed by atoms with Crippen LogP contribution < -0.4 is 4.74 Å². The lowest BCUT2D eigenvalue weighted by Gasteiger charge is -2.11. The van der Waals surface area contributed by atoms with Gasteiger partial charge in [0.15, 0.2) is 0 Å². The second-order valence-electron chi connectivity index (χ2n) is 4.09. The highest BCUT2D eigenvalue weighted by Gasteiger charge is 2.31. The van der Waals surface area contributed by atoms with Gasteiger partial charge in [0.25, 0.3) is 0 Å². The number of nitrogens with zero attached hydrogens (tertiary/aromatic N) is 1. The lowest BCUT2D eigenvalue weighted by Crippen LogP contribution is -2.06. The van der Waals surface area contributed by atoms with Crippen LogP contribution in [0.25, 0.3) is 0 Å². The molecule has 0 aliphatic heterocycles. The Morgan fingerprint density at radius 1 is 1.05 bits per heavy atom. The summed E-state index contributed by atoms with van der Waals surface area (Å²) in [5, 5.41) is 8.90. The van der Waals surface area contributed by atoms with E-state index in [-0.39, 0.29) is 17.9 Å². The van der Waals surface area contributed by atoms with Crippen LogP contribution in [0.15, 0.2) is 48.5 Å². The van der Waals surface area contributed by atoms with Crippen LogP contribution in [0.5, 0.6) is 5.75 Å². The molecule has 0 saturated heterocycles. The summed E-state index contributed by atoms with van der Waals surface area (Å²) in [6.45, 7) is 0.108. The third-order valence-corrected chi connectivity index (χ3v) is 2.67. The molecule has 2 rings (SSSR count). The third kappa shape index (κ3) is 3.29. The highest BCUT2D eigenvalue weighted by atomic mass is 19.4. The Kier molecular flexibility index (Phi) is 3.94. The average Bonchev–Trinajstić information content (AvgIpc) is 2.45. The Morgan fingerprint density at radius 2 is 1.75 bits per heavy atom. The fourth-order valence-corrected chi connectivity index (χ4v) is 1.65. The van der Waals surface area contributed by atoms with Crippen LogP contribution in [-0.4, -0.2) is 0 Å². The summed E-state index contributed by atoms with van der Waals surface area (Å²) in [6.07, 6.45) is -4.46. The topological polar surface area (TPSA) is 33.0 Å². The summed E-state index contributed by atoms with van der Waals surface area (Å²) in [5.74, 6) is -0.0637. The molecule has 2 nitrogen and oxygen atoms in total. The van der Waals surface area contributed by atoms with Crippen LogP contribution >= 0.6 is 0 Å². The van der Waals surface area contributed by atoms with Crippen LogP contribution in [0.2, 0.25) is 0 Å². The maximum absolute atomic E-state index is 12.6. The molecule has 20 heavy (non-hydrogen) atoms. The first-order valence-electron chi connectivity index (χ1n) is 5.79. The number of hydrogen-bond donors (Lipinski definition) is 0. The Labute approximate surface area is 114 Å². The van der Waals surface area contributed by atoms with Gasteiger partial charge in [-0.25, -0.2) is 0 Å². The quantitative estimate of drug-likeness (QED) is 0.844. The molecule has 2 aromatic rings. The van der Waals surface area contributed by atoms with Gasteiger partial charge in [-0.15, -0.1) is 0 Å². The average molecular weight is 277 g/mol.